The van der Waals surface area contributed by atoms with E-state index in [0.717, 1.165) is 12.1 Å². The van der Waals surface area contributed by atoms with Gasteiger partial charge in [0.05, 0.1) is 28.1 Å². The van der Waals surface area contributed by atoms with Crippen LogP contribution in [0.1, 0.15) is 66.0 Å². The van der Waals surface area contributed by atoms with Crippen LogP contribution in [0.2, 0.25) is 0 Å². The molecule has 6 aromatic carbocycles. The molecule has 0 fully saturated rings. The van der Waals surface area contributed by atoms with Crippen LogP contribution >= 0.6 is 0 Å². The molecule has 1 heterocycles. The first-order chi connectivity index (χ1) is 22.7. The molecule has 0 saturated heterocycles. The van der Waals surface area contributed by atoms with Crippen LogP contribution < -0.4 is 0 Å². The second kappa shape index (κ2) is 10.3. The molecule has 9 rings (SSSR count). The predicted molar refractivity (Wildman–Crippen MR) is 190 cm³/mol. The summed E-state index contributed by atoms with van der Waals surface area (Å²) in [4.78, 5) is 0. The van der Waals surface area contributed by atoms with Crippen LogP contribution in [0.15, 0.2) is 127 Å². The van der Waals surface area contributed by atoms with Gasteiger partial charge in [0.25, 0.3) is 0 Å². The summed E-state index contributed by atoms with van der Waals surface area (Å²) in [6, 6.07) is 49.4. The first-order valence-corrected chi connectivity index (χ1v) is 16.7. The maximum Gasteiger partial charge on any atom is 0.0991 e. The van der Waals surface area contributed by atoms with Crippen molar-refractivity contribution < 1.29 is 0 Å². The minimum absolute atomic E-state index is 0.502. The second-order valence-electron chi connectivity index (χ2n) is 13.0. The van der Waals surface area contributed by atoms with Crippen molar-refractivity contribution in [3.8, 4) is 34.0 Å². The van der Waals surface area contributed by atoms with E-state index in [1.807, 2.05) is 6.07 Å². The van der Waals surface area contributed by atoms with Crippen LogP contribution in [0.25, 0.3) is 49.7 Å². The third-order valence-corrected chi connectivity index (χ3v) is 10.5. The highest BCUT2D eigenvalue weighted by Crippen LogP contribution is 2.63. The molecular weight excluding hydrogens is 556 g/mol. The molecular formula is C44H34N2. The van der Waals surface area contributed by atoms with Crippen molar-refractivity contribution >= 4 is 21.8 Å². The summed E-state index contributed by atoms with van der Waals surface area (Å²) in [6.45, 7) is 2.27. The minimum atomic E-state index is -0.502. The summed E-state index contributed by atoms with van der Waals surface area (Å²) in [5.74, 6) is 0. The Morgan fingerprint density at radius 3 is 1.91 bits per heavy atom. The lowest BCUT2D eigenvalue weighted by Crippen LogP contribution is -2.26. The van der Waals surface area contributed by atoms with E-state index in [1.165, 1.54) is 97.6 Å². The summed E-state index contributed by atoms with van der Waals surface area (Å²) in [7, 11) is 0. The van der Waals surface area contributed by atoms with Crippen LogP contribution in [0, 0.1) is 11.3 Å². The first kappa shape index (κ1) is 27.0. The molecule has 7 aromatic rings. The van der Waals surface area contributed by atoms with E-state index in [1.54, 1.807) is 0 Å². The van der Waals surface area contributed by atoms with Gasteiger partial charge in [0.2, 0.25) is 0 Å². The average molecular weight is 591 g/mol. The Morgan fingerprint density at radius 2 is 1.17 bits per heavy atom. The van der Waals surface area contributed by atoms with Crippen molar-refractivity contribution in [3.63, 3.8) is 0 Å². The molecule has 0 amide bonds. The van der Waals surface area contributed by atoms with E-state index in [0.29, 0.717) is 5.56 Å². The van der Waals surface area contributed by atoms with Crippen LogP contribution in [0.3, 0.4) is 0 Å². The van der Waals surface area contributed by atoms with E-state index in [-0.39, 0.29) is 0 Å². The van der Waals surface area contributed by atoms with Gasteiger partial charge in [0.1, 0.15) is 0 Å². The molecule has 2 heteroatoms. The summed E-state index contributed by atoms with van der Waals surface area (Å²) < 4.78 is 2.42. The molecule has 2 nitrogen and oxygen atoms in total. The first-order valence-electron chi connectivity index (χ1n) is 16.7. The van der Waals surface area contributed by atoms with Gasteiger partial charge in [-0.3, -0.25) is 0 Å². The lowest BCUT2D eigenvalue weighted by Gasteiger charge is -2.31. The highest BCUT2D eigenvalue weighted by molar-refractivity contribution is 6.09. The van der Waals surface area contributed by atoms with E-state index in [9.17, 15) is 5.26 Å². The zero-order valence-corrected chi connectivity index (χ0v) is 26.1. The molecule has 0 aliphatic heterocycles. The number of hydrogen-bond acceptors (Lipinski definition) is 1. The fraction of sp³-hybridized carbons (Fsp3) is 0.159. The summed E-state index contributed by atoms with van der Waals surface area (Å²) in [5, 5.41) is 12.6. The Hall–Kier alpha value is -5.39. The maximum absolute atomic E-state index is 10.1. The number of para-hydroxylation sites is 2. The van der Waals surface area contributed by atoms with Gasteiger partial charge in [0, 0.05) is 16.5 Å². The van der Waals surface area contributed by atoms with Gasteiger partial charge in [0.15, 0.2) is 0 Å². The highest BCUT2D eigenvalue weighted by atomic mass is 15.0. The molecule has 2 aliphatic carbocycles. The minimum Gasteiger partial charge on any atom is -0.309 e. The second-order valence-corrected chi connectivity index (χ2v) is 13.0. The van der Waals surface area contributed by atoms with Crippen molar-refractivity contribution in [3.05, 3.63) is 161 Å². The van der Waals surface area contributed by atoms with Crippen molar-refractivity contribution in [1.29, 1.82) is 5.26 Å². The van der Waals surface area contributed by atoms with Crippen LogP contribution in [0.4, 0.5) is 0 Å². The molecule has 46 heavy (non-hydrogen) atoms. The monoisotopic (exact) mass is 590 g/mol. The smallest absolute Gasteiger partial charge is 0.0991 e. The number of rotatable bonds is 6. The predicted octanol–water partition coefficient (Wildman–Crippen LogP) is 11.1. The quantitative estimate of drug-likeness (QED) is 0.177. The third kappa shape index (κ3) is 3.63. The number of aryl methyl sites for hydroxylation is 1. The molecule has 1 spiro atoms. The molecule has 2 aliphatic rings. The number of fused-ring (bicyclic) bond motifs is 13. The fourth-order valence-electron chi connectivity index (χ4n) is 8.54. The van der Waals surface area contributed by atoms with E-state index in [4.69, 9.17) is 0 Å². The van der Waals surface area contributed by atoms with Crippen molar-refractivity contribution in [1.82, 2.24) is 4.57 Å². The molecule has 0 bridgehead atoms. The number of aromatic nitrogens is 1. The van der Waals surface area contributed by atoms with Crippen molar-refractivity contribution in [2.75, 3.05) is 0 Å². The summed E-state index contributed by atoms with van der Waals surface area (Å²) >= 11 is 0. The topological polar surface area (TPSA) is 28.7 Å². The molecule has 0 N–H and O–H groups in total. The van der Waals surface area contributed by atoms with Gasteiger partial charge in [-0.05, 0) is 99.3 Å². The highest BCUT2D eigenvalue weighted by Gasteiger charge is 2.52. The van der Waals surface area contributed by atoms with E-state index < -0.39 is 5.41 Å². The zero-order valence-electron chi connectivity index (χ0n) is 26.1. The number of nitrogens with zero attached hydrogens (tertiary/aromatic N) is 2. The Balaban J connectivity index is 1.35. The van der Waals surface area contributed by atoms with Crippen LogP contribution in [0.5, 0.6) is 0 Å². The van der Waals surface area contributed by atoms with Gasteiger partial charge in [-0.15, -0.1) is 0 Å². The number of unbranched alkanes of at least 4 members (excludes halogenated alkanes) is 3. The molecule has 220 valence electrons. The number of hydrogen-bond donors (Lipinski definition) is 0. The Kier molecular flexibility index (Phi) is 6.05. The van der Waals surface area contributed by atoms with E-state index >= 15 is 0 Å². The normalized spacial score (nSPS) is 15.6. The van der Waals surface area contributed by atoms with Gasteiger partial charge in [-0.2, -0.15) is 5.26 Å². The Morgan fingerprint density at radius 1 is 0.565 bits per heavy atom. The zero-order chi connectivity index (χ0) is 30.8. The molecule has 0 radical (unpaired) electrons. The Labute approximate surface area is 270 Å². The van der Waals surface area contributed by atoms with Gasteiger partial charge < -0.3 is 4.57 Å². The fourth-order valence-corrected chi connectivity index (χ4v) is 8.54. The molecule has 1 aromatic heterocycles. The lowest BCUT2D eigenvalue weighted by molar-refractivity contribution is 0.666. The van der Waals surface area contributed by atoms with E-state index in [2.05, 4.69) is 139 Å². The third-order valence-electron chi connectivity index (χ3n) is 10.5. The van der Waals surface area contributed by atoms with Crippen LogP contribution in [-0.4, -0.2) is 4.57 Å². The van der Waals surface area contributed by atoms with Crippen molar-refractivity contribution in [2.45, 2.75) is 44.4 Å². The van der Waals surface area contributed by atoms with Crippen LogP contribution in [-0.2, 0) is 11.8 Å². The van der Waals surface area contributed by atoms with Crippen molar-refractivity contribution in [2.24, 2.45) is 0 Å². The summed E-state index contributed by atoms with van der Waals surface area (Å²) in [6.07, 6.45) is 6.07. The van der Waals surface area contributed by atoms with Gasteiger partial charge in [-0.25, -0.2) is 0 Å². The summed E-state index contributed by atoms with van der Waals surface area (Å²) in [5.41, 5.74) is 15.4. The SMILES string of the molecule is CCCCCCc1ccc2c(c1)C1(c3ccccc3-c3ccc(-n4c5ccccc5c5ccccc54)cc31)c1cc(C#N)ccc1-2. The molecule has 1 atom stereocenters. The molecule has 0 saturated carbocycles. The average Bonchev–Trinajstić information content (AvgIpc) is 3.71. The lowest BCUT2D eigenvalue weighted by atomic mass is 9.70. The molecule has 1 unspecified atom stereocenters. The number of nitriles is 1. The Bertz CT molecular complexity index is 2330. The van der Waals surface area contributed by atoms with Gasteiger partial charge >= 0.3 is 0 Å². The maximum atomic E-state index is 10.1. The largest absolute Gasteiger partial charge is 0.309 e. The van der Waals surface area contributed by atoms with Gasteiger partial charge in [-0.1, -0.05) is 117 Å². The number of benzene rings is 6. The standard InChI is InChI=1S/C44H34N2/c1-2-3-4-5-12-29-19-22-33-34-23-20-30(28-45)26-40(34)44(39(33)25-29)38-16-9-6-13-32(38)35-24-21-31(27-41(35)44)46-42-17-10-7-14-36(42)37-15-8-11-18-43(37)46/h6-11,13-27H,2-5,12H2,1H3.